The van der Waals surface area contributed by atoms with E-state index in [0.29, 0.717) is 6.42 Å². The summed E-state index contributed by atoms with van der Waals surface area (Å²) in [4.78, 5) is 24.8. The molecule has 19 heavy (non-hydrogen) atoms. The Balaban J connectivity index is 2.30. The van der Waals surface area contributed by atoms with Crippen LogP contribution in [-0.2, 0) is 16.0 Å². The normalized spacial score (nSPS) is 21.1. The molecule has 0 bridgehead atoms. The van der Waals surface area contributed by atoms with Crippen LogP contribution in [-0.4, -0.2) is 28.5 Å². The second-order valence-electron chi connectivity index (χ2n) is 5.09. The van der Waals surface area contributed by atoms with E-state index in [4.69, 9.17) is 4.74 Å². The van der Waals surface area contributed by atoms with Crippen molar-refractivity contribution in [1.82, 2.24) is 4.90 Å². The number of carbonyl (C=O) groups excluding carboxylic acids is 2. The number of rotatable bonds is 3. The molecule has 0 spiro atoms. The smallest absolute Gasteiger partial charge is 0.417 e. The van der Waals surface area contributed by atoms with E-state index in [9.17, 15) is 9.59 Å². The van der Waals surface area contributed by atoms with Gasteiger partial charge in [-0.3, -0.25) is 4.79 Å². The second kappa shape index (κ2) is 4.88. The first-order valence-corrected chi connectivity index (χ1v) is 6.18. The first-order chi connectivity index (χ1) is 8.95. The SMILES string of the molecule is C=CC(=O)N1C(=O)OC(C)(C)[C@@H]1Cc1ccccc1. The van der Waals surface area contributed by atoms with Crippen molar-refractivity contribution in [3.05, 3.63) is 48.6 Å². The number of hydrogen-bond acceptors (Lipinski definition) is 3. The van der Waals surface area contributed by atoms with Crippen molar-refractivity contribution in [2.75, 3.05) is 0 Å². The minimum atomic E-state index is -0.703. The molecule has 4 heteroatoms. The van der Waals surface area contributed by atoms with Crippen LogP contribution in [0.3, 0.4) is 0 Å². The lowest BCUT2D eigenvalue weighted by Gasteiger charge is -2.27. The average molecular weight is 259 g/mol. The summed E-state index contributed by atoms with van der Waals surface area (Å²) in [7, 11) is 0. The Bertz CT molecular complexity index is 507. The van der Waals surface area contributed by atoms with E-state index in [0.717, 1.165) is 16.5 Å². The van der Waals surface area contributed by atoms with E-state index >= 15 is 0 Å². The topological polar surface area (TPSA) is 46.6 Å². The van der Waals surface area contributed by atoms with Gasteiger partial charge in [0, 0.05) is 0 Å². The predicted octanol–water partition coefficient (Wildman–Crippen LogP) is 2.54. The van der Waals surface area contributed by atoms with Crippen LogP contribution in [0.1, 0.15) is 19.4 Å². The van der Waals surface area contributed by atoms with Gasteiger partial charge >= 0.3 is 6.09 Å². The zero-order valence-electron chi connectivity index (χ0n) is 11.1. The molecule has 0 unspecified atom stereocenters. The van der Waals surface area contributed by atoms with Gasteiger partial charge in [0.25, 0.3) is 5.91 Å². The summed E-state index contributed by atoms with van der Waals surface area (Å²) in [5.74, 6) is -0.420. The molecule has 0 aliphatic carbocycles. The molecule has 0 radical (unpaired) electrons. The molecule has 1 atom stereocenters. The van der Waals surface area contributed by atoms with Crippen molar-refractivity contribution in [3.8, 4) is 0 Å². The summed E-state index contributed by atoms with van der Waals surface area (Å²) in [6.45, 7) is 7.06. The van der Waals surface area contributed by atoms with E-state index < -0.39 is 17.6 Å². The van der Waals surface area contributed by atoms with Gasteiger partial charge in [-0.05, 0) is 31.9 Å². The van der Waals surface area contributed by atoms with Crippen LogP contribution >= 0.6 is 0 Å². The highest BCUT2D eigenvalue weighted by Crippen LogP contribution is 2.31. The number of benzene rings is 1. The lowest BCUT2D eigenvalue weighted by molar-refractivity contribution is -0.124. The Kier molecular flexibility index (Phi) is 3.42. The van der Waals surface area contributed by atoms with Crippen LogP contribution in [0.4, 0.5) is 4.79 Å². The Labute approximate surface area is 112 Å². The Morgan fingerprint density at radius 3 is 2.63 bits per heavy atom. The summed E-state index contributed by atoms with van der Waals surface area (Å²) < 4.78 is 5.29. The maximum absolute atomic E-state index is 11.8. The third kappa shape index (κ3) is 2.52. The molecular weight excluding hydrogens is 242 g/mol. The number of imide groups is 1. The largest absolute Gasteiger partial charge is 0.441 e. The second-order valence-corrected chi connectivity index (χ2v) is 5.09. The van der Waals surface area contributed by atoms with Crippen molar-refractivity contribution >= 4 is 12.0 Å². The zero-order chi connectivity index (χ0) is 14.0. The van der Waals surface area contributed by atoms with Crippen LogP contribution in [0.25, 0.3) is 0 Å². The molecule has 1 aromatic rings. The summed E-state index contributed by atoms with van der Waals surface area (Å²) in [5.41, 5.74) is 0.353. The Hall–Kier alpha value is -2.10. The first-order valence-electron chi connectivity index (χ1n) is 6.18. The molecular formula is C15H17NO3. The van der Waals surface area contributed by atoms with Gasteiger partial charge in [-0.25, -0.2) is 9.69 Å². The van der Waals surface area contributed by atoms with Crippen molar-refractivity contribution in [3.63, 3.8) is 0 Å². The summed E-state index contributed by atoms with van der Waals surface area (Å²) in [6.07, 6.45) is 1.11. The lowest BCUT2D eigenvalue weighted by atomic mass is 9.92. The fraction of sp³-hybridized carbons (Fsp3) is 0.333. The van der Waals surface area contributed by atoms with Crippen LogP contribution in [0.5, 0.6) is 0 Å². The predicted molar refractivity (Wildman–Crippen MR) is 71.5 cm³/mol. The van der Waals surface area contributed by atoms with Crippen molar-refractivity contribution in [1.29, 1.82) is 0 Å². The maximum atomic E-state index is 11.8. The fourth-order valence-corrected chi connectivity index (χ4v) is 2.30. The van der Waals surface area contributed by atoms with Crippen molar-refractivity contribution < 1.29 is 14.3 Å². The van der Waals surface area contributed by atoms with Gasteiger partial charge < -0.3 is 4.74 Å². The molecule has 0 aromatic heterocycles. The quantitative estimate of drug-likeness (QED) is 0.784. The van der Waals surface area contributed by atoms with Gasteiger partial charge in [-0.2, -0.15) is 0 Å². The van der Waals surface area contributed by atoms with Crippen LogP contribution in [0, 0.1) is 0 Å². The van der Waals surface area contributed by atoms with Gasteiger partial charge in [0.2, 0.25) is 0 Å². The van der Waals surface area contributed by atoms with Gasteiger partial charge in [-0.15, -0.1) is 0 Å². The number of carbonyl (C=O) groups is 2. The number of ether oxygens (including phenoxy) is 1. The standard InChI is InChI=1S/C15H17NO3/c1-4-13(17)16-12(15(2,3)19-14(16)18)10-11-8-6-5-7-9-11/h4-9,12H,1,10H2,2-3H3/t12-/m0/s1. The molecule has 1 fully saturated rings. The number of nitrogens with zero attached hydrogens (tertiary/aromatic N) is 1. The molecule has 1 aliphatic heterocycles. The van der Waals surface area contributed by atoms with Crippen LogP contribution < -0.4 is 0 Å². The number of amides is 2. The molecule has 1 aliphatic rings. The van der Waals surface area contributed by atoms with Crippen molar-refractivity contribution in [2.45, 2.75) is 31.9 Å². The highest BCUT2D eigenvalue weighted by molar-refractivity contribution is 6.00. The van der Waals surface area contributed by atoms with Crippen LogP contribution in [0.15, 0.2) is 43.0 Å². The fourth-order valence-electron chi connectivity index (χ4n) is 2.30. The Morgan fingerprint density at radius 1 is 1.42 bits per heavy atom. The van der Waals surface area contributed by atoms with Gasteiger partial charge in [-0.1, -0.05) is 36.9 Å². The third-order valence-corrected chi connectivity index (χ3v) is 3.35. The van der Waals surface area contributed by atoms with Crippen LogP contribution in [0.2, 0.25) is 0 Å². The van der Waals surface area contributed by atoms with E-state index in [1.165, 1.54) is 0 Å². The van der Waals surface area contributed by atoms with Crippen molar-refractivity contribution in [2.24, 2.45) is 0 Å². The molecule has 1 aromatic carbocycles. The molecule has 0 N–H and O–H groups in total. The summed E-state index contributed by atoms with van der Waals surface area (Å²) in [5, 5.41) is 0. The zero-order valence-corrected chi connectivity index (χ0v) is 11.1. The lowest BCUT2D eigenvalue weighted by Crippen LogP contribution is -2.45. The van der Waals surface area contributed by atoms with Gasteiger partial charge in [0.05, 0.1) is 6.04 Å². The molecule has 100 valence electrons. The molecule has 2 amide bonds. The molecule has 0 saturated carbocycles. The number of cyclic esters (lactones) is 1. The Morgan fingerprint density at radius 2 is 2.05 bits per heavy atom. The van der Waals surface area contributed by atoms with Gasteiger partial charge in [0.1, 0.15) is 5.60 Å². The van der Waals surface area contributed by atoms with E-state index in [2.05, 4.69) is 6.58 Å². The highest BCUT2D eigenvalue weighted by Gasteiger charge is 2.49. The molecule has 2 rings (SSSR count). The maximum Gasteiger partial charge on any atom is 0.417 e. The van der Waals surface area contributed by atoms with E-state index in [1.807, 2.05) is 44.2 Å². The van der Waals surface area contributed by atoms with E-state index in [-0.39, 0.29) is 6.04 Å². The first kappa shape index (κ1) is 13.3. The number of hydrogen-bond donors (Lipinski definition) is 0. The summed E-state index contributed by atoms with van der Waals surface area (Å²) >= 11 is 0. The molecule has 1 saturated heterocycles. The minimum Gasteiger partial charge on any atom is -0.441 e. The average Bonchev–Trinajstić information content (AvgIpc) is 2.59. The minimum absolute atomic E-state index is 0.326. The molecule has 4 nitrogen and oxygen atoms in total. The van der Waals surface area contributed by atoms with Gasteiger partial charge in [0.15, 0.2) is 0 Å². The monoisotopic (exact) mass is 259 g/mol. The van der Waals surface area contributed by atoms with E-state index in [1.54, 1.807) is 0 Å². The molecule has 1 heterocycles. The third-order valence-electron chi connectivity index (χ3n) is 3.35. The summed E-state index contributed by atoms with van der Waals surface area (Å²) in [6, 6.07) is 9.40. The highest BCUT2D eigenvalue weighted by atomic mass is 16.6.